The smallest absolute Gasteiger partial charge is 0.414 e. The molecule has 0 radical (unpaired) electrons. The number of aliphatic carboxylic acids is 2. The lowest BCUT2D eigenvalue weighted by molar-refractivity contribution is -0.159. The maximum Gasteiger partial charge on any atom is 0.414 e. The lowest BCUT2D eigenvalue weighted by atomic mass is 10.1. The maximum atomic E-state index is 9.10. The normalized spacial score (nSPS) is 14.0. The van der Waals surface area contributed by atoms with Crippen LogP contribution in [0.5, 0.6) is 11.5 Å². The van der Waals surface area contributed by atoms with Gasteiger partial charge in [0.05, 0.1) is 20.3 Å². The Morgan fingerprint density at radius 2 is 1.70 bits per heavy atom. The van der Waals surface area contributed by atoms with Crippen molar-refractivity contribution >= 4 is 11.9 Å². The Morgan fingerprint density at radius 3 is 2.27 bits per heavy atom. The molecule has 0 unspecified atom stereocenters. The van der Waals surface area contributed by atoms with Gasteiger partial charge >= 0.3 is 11.9 Å². The number of benzene rings is 1. The molecule has 0 spiro atoms. The van der Waals surface area contributed by atoms with Crippen LogP contribution < -0.4 is 9.47 Å². The van der Waals surface area contributed by atoms with Crippen molar-refractivity contribution in [3.63, 3.8) is 0 Å². The van der Waals surface area contributed by atoms with E-state index in [9.17, 15) is 0 Å². The van der Waals surface area contributed by atoms with E-state index < -0.39 is 11.9 Å². The number of carboxylic acids is 2. The topological polar surface area (TPSA) is 106 Å². The largest absolute Gasteiger partial charge is 0.493 e. The van der Waals surface area contributed by atoms with Gasteiger partial charge in [-0.2, -0.15) is 0 Å². The summed E-state index contributed by atoms with van der Waals surface area (Å²) < 4.78 is 16.9. The third-order valence-electron chi connectivity index (χ3n) is 4.53. The van der Waals surface area contributed by atoms with Gasteiger partial charge < -0.3 is 29.3 Å². The van der Waals surface area contributed by atoms with Crippen LogP contribution in [0.2, 0.25) is 0 Å². The Kier molecular flexibility index (Phi) is 13.0. The summed E-state index contributed by atoms with van der Waals surface area (Å²) in [7, 11) is 1.66. The zero-order valence-electron chi connectivity index (χ0n) is 17.7. The standard InChI is InChI=1S/C20H31NO3.C2H2O4/c1-3-8-18-9-10-19(20(17-18)22-2)24-16-15-23-14-13-21-11-6-4-5-7-12-21;3-1(4)2(5)6/h3,9-10,17H,1,4-8,11-16H2,2H3;(H,3,4)(H,5,6). The highest BCUT2D eigenvalue weighted by atomic mass is 16.5. The molecular formula is C22H33NO7. The molecule has 0 aromatic heterocycles. The number of carboxylic acid groups (broad SMARTS) is 2. The first-order chi connectivity index (χ1) is 14.5. The number of rotatable bonds is 10. The van der Waals surface area contributed by atoms with Gasteiger partial charge in [0.2, 0.25) is 0 Å². The number of hydrogen-bond acceptors (Lipinski definition) is 6. The van der Waals surface area contributed by atoms with Crippen LogP contribution in [-0.2, 0) is 20.7 Å². The average molecular weight is 424 g/mol. The van der Waals surface area contributed by atoms with E-state index in [1.807, 2.05) is 24.3 Å². The van der Waals surface area contributed by atoms with Gasteiger partial charge in [-0.05, 0) is 50.0 Å². The molecule has 1 saturated heterocycles. The third kappa shape index (κ3) is 10.8. The van der Waals surface area contributed by atoms with Crippen molar-refractivity contribution in [3.05, 3.63) is 36.4 Å². The summed E-state index contributed by atoms with van der Waals surface area (Å²) in [6.45, 7) is 9.14. The number of carbonyl (C=O) groups is 2. The summed E-state index contributed by atoms with van der Waals surface area (Å²) in [5.74, 6) is -2.12. The fraction of sp³-hybridized carbons (Fsp3) is 0.545. The fourth-order valence-corrected chi connectivity index (χ4v) is 2.99. The molecule has 8 nitrogen and oxygen atoms in total. The van der Waals surface area contributed by atoms with Gasteiger partial charge in [0, 0.05) is 6.54 Å². The summed E-state index contributed by atoms with van der Waals surface area (Å²) in [6.07, 6.45) is 8.11. The van der Waals surface area contributed by atoms with E-state index in [-0.39, 0.29) is 0 Å². The Balaban J connectivity index is 0.000000656. The van der Waals surface area contributed by atoms with Crippen molar-refractivity contribution in [1.82, 2.24) is 4.90 Å². The Hall–Kier alpha value is -2.58. The highest BCUT2D eigenvalue weighted by molar-refractivity contribution is 6.27. The number of likely N-dealkylation sites (tertiary alicyclic amines) is 1. The monoisotopic (exact) mass is 423 g/mol. The molecule has 0 aliphatic carbocycles. The maximum absolute atomic E-state index is 9.10. The van der Waals surface area contributed by atoms with Gasteiger partial charge in [0.15, 0.2) is 11.5 Å². The van der Waals surface area contributed by atoms with E-state index in [0.717, 1.165) is 31.1 Å². The first kappa shape index (κ1) is 25.5. The zero-order valence-corrected chi connectivity index (χ0v) is 17.7. The molecule has 0 amide bonds. The van der Waals surface area contributed by atoms with Crippen LogP contribution in [0.25, 0.3) is 0 Å². The lowest BCUT2D eigenvalue weighted by Gasteiger charge is -2.19. The molecule has 1 aromatic carbocycles. The summed E-state index contributed by atoms with van der Waals surface area (Å²) in [5, 5.41) is 14.8. The molecule has 1 aromatic rings. The predicted molar refractivity (Wildman–Crippen MR) is 113 cm³/mol. The van der Waals surface area contributed by atoms with E-state index in [0.29, 0.717) is 13.2 Å². The van der Waals surface area contributed by atoms with Crippen LogP contribution in [0.4, 0.5) is 0 Å². The van der Waals surface area contributed by atoms with Crippen LogP contribution in [0.3, 0.4) is 0 Å². The van der Waals surface area contributed by atoms with Gasteiger partial charge in [-0.1, -0.05) is 25.0 Å². The van der Waals surface area contributed by atoms with Crippen molar-refractivity contribution < 1.29 is 34.0 Å². The minimum Gasteiger partial charge on any atom is -0.493 e. The molecule has 30 heavy (non-hydrogen) atoms. The predicted octanol–water partition coefficient (Wildman–Crippen LogP) is 2.85. The van der Waals surface area contributed by atoms with Gasteiger partial charge in [-0.25, -0.2) is 9.59 Å². The molecule has 2 N–H and O–H groups in total. The Bertz CT molecular complexity index is 643. The molecule has 0 saturated carbocycles. The Morgan fingerprint density at radius 1 is 1.03 bits per heavy atom. The quantitative estimate of drug-likeness (QED) is 0.336. The summed E-state index contributed by atoms with van der Waals surface area (Å²) in [4.78, 5) is 20.7. The zero-order chi connectivity index (χ0) is 22.2. The van der Waals surface area contributed by atoms with E-state index in [1.165, 1.54) is 44.3 Å². The van der Waals surface area contributed by atoms with E-state index in [4.69, 9.17) is 34.0 Å². The van der Waals surface area contributed by atoms with Crippen molar-refractivity contribution in [3.8, 4) is 11.5 Å². The number of nitrogens with zero attached hydrogens (tertiary/aromatic N) is 1. The molecule has 168 valence electrons. The molecular weight excluding hydrogens is 390 g/mol. The molecule has 8 heteroatoms. The molecule has 0 atom stereocenters. The molecule has 1 aliphatic heterocycles. The van der Waals surface area contributed by atoms with Crippen molar-refractivity contribution in [2.45, 2.75) is 32.1 Å². The van der Waals surface area contributed by atoms with Gasteiger partial charge in [-0.15, -0.1) is 6.58 Å². The van der Waals surface area contributed by atoms with Crippen molar-refractivity contribution in [1.29, 1.82) is 0 Å². The second kappa shape index (κ2) is 15.3. The SMILES string of the molecule is C=CCc1ccc(OCCOCCN2CCCCCC2)c(OC)c1.O=C(O)C(=O)O. The first-order valence-electron chi connectivity index (χ1n) is 10.1. The number of ether oxygens (including phenoxy) is 3. The van der Waals surface area contributed by atoms with Gasteiger partial charge in [0.1, 0.15) is 6.61 Å². The van der Waals surface area contributed by atoms with Crippen molar-refractivity contribution in [2.24, 2.45) is 0 Å². The second-order valence-electron chi connectivity index (χ2n) is 6.81. The third-order valence-corrected chi connectivity index (χ3v) is 4.53. The summed E-state index contributed by atoms with van der Waals surface area (Å²) >= 11 is 0. The molecule has 2 rings (SSSR count). The molecule has 1 heterocycles. The van der Waals surface area contributed by atoms with E-state index >= 15 is 0 Å². The first-order valence-corrected chi connectivity index (χ1v) is 10.1. The molecule has 1 fully saturated rings. The van der Waals surface area contributed by atoms with Crippen LogP contribution in [0.15, 0.2) is 30.9 Å². The number of allylic oxidation sites excluding steroid dienone is 1. The number of methoxy groups -OCH3 is 1. The summed E-state index contributed by atoms with van der Waals surface area (Å²) in [6, 6.07) is 5.99. The second-order valence-corrected chi connectivity index (χ2v) is 6.81. The van der Waals surface area contributed by atoms with E-state index in [1.54, 1.807) is 7.11 Å². The number of hydrogen-bond donors (Lipinski definition) is 2. The average Bonchev–Trinajstić information content (AvgIpc) is 3.00. The summed E-state index contributed by atoms with van der Waals surface area (Å²) in [5.41, 5.74) is 1.17. The van der Waals surface area contributed by atoms with E-state index in [2.05, 4.69) is 11.5 Å². The molecule has 1 aliphatic rings. The minimum atomic E-state index is -1.82. The lowest BCUT2D eigenvalue weighted by Crippen LogP contribution is -2.29. The van der Waals surface area contributed by atoms with Gasteiger partial charge in [-0.3, -0.25) is 0 Å². The highest BCUT2D eigenvalue weighted by Gasteiger charge is 2.09. The molecule has 0 bridgehead atoms. The van der Waals surface area contributed by atoms with Gasteiger partial charge in [0.25, 0.3) is 0 Å². The van der Waals surface area contributed by atoms with Crippen LogP contribution in [-0.4, -0.2) is 73.6 Å². The fourth-order valence-electron chi connectivity index (χ4n) is 2.99. The Labute approximate surface area is 178 Å². The van der Waals surface area contributed by atoms with Crippen LogP contribution in [0, 0.1) is 0 Å². The van der Waals surface area contributed by atoms with Crippen molar-refractivity contribution in [2.75, 3.05) is 46.6 Å². The van der Waals surface area contributed by atoms with Crippen LogP contribution >= 0.6 is 0 Å². The highest BCUT2D eigenvalue weighted by Crippen LogP contribution is 2.28. The minimum absolute atomic E-state index is 0.539. The van der Waals surface area contributed by atoms with Crippen LogP contribution in [0.1, 0.15) is 31.2 Å².